The van der Waals surface area contributed by atoms with E-state index in [2.05, 4.69) is 30.9 Å². The molecule has 0 aromatic carbocycles. The molecule has 3 rings (SSSR count). The van der Waals surface area contributed by atoms with Crippen molar-refractivity contribution in [3.05, 3.63) is 0 Å². The van der Waals surface area contributed by atoms with Crippen molar-refractivity contribution in [1.82, 2.24) is 9.80 Å². The lowest BCUT2D eigenvalue weighted by molar-refractivity contribution is -0.893. The van der Waals surface area contributed by atoms with E-state index in [1.54, 1.807) is 0 Å². The molecular formula is C17H35N4+. The normalized spacial score (nSPS) is 38.9. The van der Waals surface area contributed by atoms with Crippen LogP contribution >= 0.6 is 0 Å². The fraction of sp³-hybridized carbons (Fsp3) is 1.00. The van der Waals surface area contributed by atoms with Crippen molar-refractivity contribution < 1.29 is 4.48 Å². The van der Waals surface area contributed by atoms with Gasteiger partial charge in [-0.3, -0.25) is 9.80 Å². The van der Waals surface area contributed by atoms with Crippen molar-refractivity contribution in [3.8, 4) is 0 Å². The minimum absolute atomic E-state index is 0.459. The number of quaternary nitrogens is 1. The summed E-state index contributed by atoms with van der Waals surface area (Å²) < 4.78 is 1.11. The van der Waals surface area contributed by atoms with Crippen LogP contribution in [-0.2, 0) is 0 Å². The molecule has 0 spiro atoms. The molecule has 21 heavy (non-hydrogen) atoms. The Bertz CT molecular complexity index is 351. The number of rotatable bonds is 4. The standard InChI is InChI=1S/C17H35N4/c1-21(2,3)16-7-8-19(13-16)10-11-20-9-6-14-4-5-15(18)12-17(14)20/h14-17H,4-13,18H2,1-3H3/q+1. The summed E-state index contributed by atoms with van der Waals surface area (Å²) in [6.07, 6.45) is 6.65. The fourth-order valence-electron chi connectivity index (χ4n) is 4.72. The number of nitrogens with two attached hydrogens (primary N) is 1. The van der Waals surface area contributed by atoms with Gasteiger partial charge in [0.2, 0.25) is 0 Å². The summed E-state index contributed by atoms with van der Waals surface area (Å²) in [4.78, 5) is 5.44. The summed E-state index contributed by atoms with van der Waals surface area (Å²) in [7, 11) is 7.01. The first-order chi connectivity index (χ1) is 9.93. The zero-order chi connectivity index (χ0) is 15.0. The van der Waals surface area contributed by atoms with Crippen LogP contribution in [0.1, 0.15) is 32.1 Å². The molecule has 4 unspecified atom stereocenters. The maximum absolute atomic E-state index is 6.20. The van der Waals surface area contributed by atoms with Gasteiger partial charge >= 0.3 is 0 Å². The maximum atomic E-state index is 6.20. The second-order valence-electron chi connectivity index (χ2n) is 8.58. The van der Waals surface area contributed by atoms with Crippen LogP contribution in [0.2, 0.25) is 0 Å². The van der Waals surface area contributed by atoms with Gasteiger partial charge in [0.25, 0.3) is 0 Å². The van der Waals surface area contributed by atoms with E-state index in [9.17, 15) is 0 Å². The minimum atomic E-state index is 0.459. The summed E-state index contributed by atoms with van der Waals surface area (Å²) in [6, 6.07) is 2.08. The van der Waals surface area contributed by atoms with Gasteiger partial charge in [0.05, 0.1) is 27.7 Å². The highest BCUT2D eigenvalue weighted by atomic mass is 15.4. The second kappa shape index (κ2) is 6.15. The van der Waals surface area contributed by atoms with E-state index in [4.69, 9.17) is 5.73 Å². The molecule has 4 heteroatoms. The Morgan fingerprint density at radius 2 is 1.81 bits per heavy atom. The molecule has 4 nitrogen and oxygen atoms in total. The van der Waals surface area contributed by atoms with Crippen LogP contribution in [-0.4, -0.2) is 86.3 Å². The molecule has 2 aliphatic heterocycles. The average molecular weight is 295 g/mol. The van der Waals surface area contributed by atoms with Crippen LogP contribution in [0, 0.1) is 5.92 Å². The summed E-state index contributed by atoms with van der Waals surface area (Å²) in [5.41, 5.74) is 6.20. The summed E-state index contributed by atoms with van der Waals surface area (Å²) in [5, 5.41) is 0. The summed E-state index contributed by atoms with van der Waals surface area (Å²) >= 11 is 0. The molecule has 0 aromatic rings. The Kier molecular flexibility index (Phi) is 4.60. The molecule has 0 bridgehead atoms. The lowest BCUT2D eigenvalue weighted by Gasteiger charge is -2.35. The molecular weight excluding hydrogens is 260 g/mol. The van der Waals surface area contributed by atoms with Crippen molar-refractivity contribution in [2.45, 2.75) is 50.2 Å². The predicted octanol–water partition coefficient (Wildman–Crippen LogP) is 0.969. The lowest BCUT2D eigenvalue weighted by atomic mass is 9.82. The van der Waals surface area contributed by atoms with E-state index < -0.39 is 0 Å². The largest absolute Gasteiger partial charge is 0.328 e. The van der Waals surface area contributed by atoms with E-state index in [1.807, 2.05) is 0 Å². The summed E-state index contributed by atoms with van der Waals surface area (Å²) in [6.45, 7) is 6.41. The monoisotopic (exact) mass is 295 g/mol. The molecule has 2 heterocycles. The van der Waals surface area contributed by atoms with Crippen molar-refractivity contribution in [1.29, 1.82) is 0 Å². The Balaban J connectivity index is 1.46. The second-order valence-corrected chi connectivity index (χ2v) is 8.58. The zero-order valence-electron chi connectivity index (χ0n) is 14.3. The molecule has 3 aliphatic rings. The van der Waals surface area contributed by atoms with E-state index in [1.165, 1.54) is 64.8 Å². The predicted molar refractivity (Wildman–Crippen MR) is 88.2 cm³/mol. The number of nitrogens with zero attached hydrogens (tertiary/aromatic N) is 3. The fourth-order valence-corrected chi connectivity index (χ4v) is 4.72. The third-order valence-electron chi connectivity index (χ3n) is 6.30. The maximum Gasteiger partial charge on any atom is 0.102 e. The quantitative estimate of drug-likeness (QED) is 0.785. The third kappa shape index (κ3) is 3.61. The van der Waals surface area contributed by atoms with Gasteiger partial charge < -0.3 is 10.2 Å². The van der Waals surface area contributed by atoms with Gasteiger partial charge in [-0.15, -0.1) is 0 Å². The van der Waals surface area contributed by atoms with Gasteiger partial charge in [-0.05, 0) is 38.1 Å². The number of hydrogen-bond acceptors (Lipinski definition) is 3. The Morgan fingerprint density at radius 3 is 2.52 bits per heavy atom. The number of hydrogen-bond donors (Lipinski definition) is 1. The van der Waals surface area contributed by atoms with E-state index in [0.717, 1.165) is 22.5 Å². The smallest absolute Gasteiger partial charge is 0.102 e. The topological polar surface area (TPSA) is 32.5 Å². The molecule has 2 saturated heterocycles. The third-order valence-corrected chi connectivity index (χ3v) is 6.30. The Morgan fingerprint density at radius 1 is 1.00 bits per heavy atom. The first kappa shape index (κ1) is 15.7. The molecule has 0 radical (unpaired) electrons. The molecule has 2 N–H and O–H groups in total. The average Bonchev–Trinajstić information content (AvgIpc) is 3.01. The molecule has 122 valence electrons. The van der Waals surface area contributed by atoms with Gasteiger partial charge in [0.1, 0.15) is 6.04 Å². The van der Waals surface area contributed by atoms with Crippen LogP contribution in [0.5, 0.6) is 0 Å². The van der Waals surface area contributed by atoms with Gasteiger partial charge in [0, 0.05) is 38.1 Å². The highest BCUT2D eigenvalue weighted by Crippen LogP contribution is 2.35. The van der Waals surface area contributed by atoms with Crippen LogP contribution in [0.15, 0.2) is 0 Å². The number of likely N-dealkylation sites (tertiary alicyclic amines) is 2. The molecule has 1 saturated carbocycles. The molecule has 0 amide bonds. The highest BCUT2D eigenvalue weighted by Gasteiger charge is 2.38. The first-order valence-corrected chi connectivity index (χ1v) is 8.96. The molecule has 4 atom stereocenters. The van der Waals surface area contributed by atoms with Crippen molar-refractivity contribution >= 4 is 0 Å². The van der Waals surface area contributed by atoms with Crippen LogP contribution in [0.4, 0.5) is 0 Å². The van der Waals surface area contributed by atoms with Gasteiger partial charge in [-0.25, -0.2) is 0 Å². The molecule has 3 fully saturated rings. The van der Waals surface area contributed by atoms with Crippen LogP contribution in [0.3, 0.4) is 0 Å². The van der Waals surface area contributed by atoms with Crippen molar-refractivity contribution in [2.75, 3.05) is 53.9 Å². The Labute approximate surface area is 130 Å². The van der Waals surface area contributed by atoms with Crippen molar-refractivity contribution in [2.24, 2.45) is 11.7 Å². The number of fused-ring (bicyclic) bond motifs is 1. The minimum Gasteiger partial charge on any atom is -0.328 e. The molecule has 1 aliphatic carbocycles. The number of likely N-dealkylation sites (N-methyl/N-ethyl adjacent to an activating group) is 1. The SMILES string of the molecule is C[N+](C)(C)C1CCN(CCN2CCC3CCC(N)CC32)C1. The lowest BCUT2D eigenvalue weighted by Crippen LogP contribution is -2.47. The zero-order valence-corrected chi connectivity index (χ0v) is 14.3. The van der Waals surface area contributed by atoms with E-state index >= 15 is 0 Å². The highest BCUT2D eigenvalue weighted by molar-refractivity contribution is 4.94. The van der Waals surface area contributed by atoms with E-state index in [0.29, 0.717) is 6.04 Å². The van der Waals surface area contributed by atoms with Crippen LogP contribution in [0.25, 0.3) is 0 Å². The summed E-state index contributed by atoms with van der Waals surface area (Å²) in [5.74, 6) is 0.947. The van der Waals surface area contributed by atoms with Crippen molar-refractivity contribution in [3.63, 3.8) is 0 Å². The van der Waals surface area contributed by atoms with Gasteiger partial charge in [0.15, 0.2) is 0 Å². The Hall–Kier alpha value is -0.160. The van der Waals surface area contributed by atoms with E-state index in [-0.39, 0.29) is 0 Å². The van der Waals surface area contributed by atoms with Gasteiger partial charge in [-0.2, -0.15) is 0 Å². The van der Waals surface area contributed by atoms with Gasteiger partial charge in [-0.1, -0.05) is 0 Å². The van der Waals surface area contributed by atoms with Crippen LogP contribution < -0.4 is 5.73 Å². The molecule has 0 aromatic heterocycles. The first-order valence-electron chi connectivity index (χ1n) is 8.96.